The van der Waals surface area contributed by atoms with Gasteiger partial charge in [0.1, 0.15) is 11.3 Å². The average molecular weight is 348 g/mol. The van der Waals surface area contributed by atoms with Crippen molar-refractivity contribution in [3.8, 4) is 0 Å². The number of aromatic amines is 1. The molecule has 0 saturated heterocycles. The van der Waals surface area contributed by atoms with Crippen molar-refractivity contribution in [1.29, 1.82) is 0 Å². The van der Waals surface area contributed by atoms with Gasteiger partial charge in [-0.05, 0) is 30.7 Å². The highest BCUT2D eigenvalue weighted by atomic mass is 32.2. The molecule has 0 aliphatic carbocycles. The summed E-state index contributed by atoms with van der Waals surface area (Å²) >= 11 is 0. The fraction of sp³-hybridized carbons (Fsp3) is 0.250. The third-order valence-electron chi connectivity index (χ3n) is 3.91. The minimum atomic E-state index is -3.83. The first-order valence-electron chi connectivity index (χ1n) is 7.51. The number of aromatic nitrogens is 3. The molecule has 1 aromatic carbocycles. The van der Waals surface area contributed by atoms with Crippen LogP contribution in [0, 0.1) is 5.82 Å². The summed E-state index contributed by atoms with van der Waals surface area (Å²) in [6.45, 7) is 3.77. The Morgan fingerprint density at radius 2 is 1.96 bits per heavy atom. The van der Waals surface area contributed by atoms with Crippen LogP contribution in [0.5, 0.6) is 0 Å². The number of halogens is 1. The fourth-order valence-electron chi connectivity index (χ4n) is 2.62. The summed E-state index contributed by atoms with van der Waals surface area (Å²) in [5.74, 6) is -0.361. The van der Waals surface area contributed by atoms with Crippen LogP contribution < -0.4 is 0 Å². The van der Waals surface area contributed by atoms with Gasteiger partial charge in [-0.1, -0.05) is 19.1 Å². The predicted octanol–water partition coefficient (Wildman–Crippen LogP) is 2.87. The predicted molar refractivity (Wildman–Crippen MR) is 88.3 cm³/mol. The van der Waals surface area contributed by atoms with Gasteiger partial charge >= 0.3 is 0 Å². The average Bonchev–Trinajstić information content (AvgIpc) is 3.03. The molecule has 1 atom stereocenters. The molecule has 2 aromatic heterocycles. The van der Waals surface area contributed by atoms with Crippen molar-refractivity contribution < 1.29 is 12.8 Å². The number of nitrogens with one attached hydrogen (secondary N) is 1. The maximum Gasteiger partial charge on any atom is 0.262 e. The number of sulfonamides is 1. The minimum absolute atomic E-state index is 0.106. The van der Waals surface area contributed by atoms with Crippen molar-refractivity contribution in [3.05, 3.63) is 54.1 Å². The number of hydrogen-bond donors (Lipinski definition) is 1. The van der Waals surface area contributed by atoms with E-state index in [0.717, 1.165) is 0 Å². The van der Waals surface area contributed by atoms with E-state index in [1.54, 1.807) is 38.2 Å². The van der Waals surface area contributed by atoms with Gasteiger partial charge in [0.05, 0.1) is 6.20 Å². The summed E-state index contributed by atoms with van der Waals surface area (Å²) in [4.78, 5) is 11.2. The van der Waals surface area contributed by atoms with Crippen molar-refractivity contribution in [3.63, 3.8) is 0 Å². The molecule has 2 heterocycles. The Bertz CT molecular complexity index is 954. The molecule has 0 aliphatic rings. The summed E-state index contributed by atoms with van der Waals surface area (Å²) < 4.78 is 40.3. The van der Waals surface area contributed by atoms with E-state index in [4.69, 9.17) is 0 Å². The summed E-state index contributed by atoms with van der Waals surface area (Å²) in [5.41, 5.74) is 1.72. The number of H-pyrrole nitrogens is 1. The lowest BCUT2D eigenvalue weighted by atomic mass is 10.1. The number of nitrogens with zero attached hydrogens (tertiary/aromatic N) is 3. The molecule has 3 aromatic rings. The Hall–Kier alpha value is -2.32. The molecule has 0 aliphatic heterocycles. The fourth-order valence-corrected chi connectivity index (χ4v) is 4.14. The second-order valence-corrected chi connectivity index (χ2v) is 7.19. The van der Waals surface area contributed by atoms with Gasteiger partial charge in [0, 0.05) is 18.8 Å². The van der Waals surface area contributed by atoms with E-state index in [1.807, 2.05) is 0 Å². The van der Waals surface area contributed by atoms with Crippen LogP contribution in [0.3, 0.4) is 0 Å². The van der Waals surface area contributed by atoms with Gasteiger partial charge in [-0.2, -0.15) is 4.31 Å². The van der Waals surface area contributed by atoms with Gasteiger partial charge in [-0.25, -0.2) is 22.8 Å². The zero-order valence-corrected chi connectivity index (χ0v) is 14.1. The molecule has 24 heavy (non-hydrogen) atoms. The third kappa shape index (κ3) is 2.90. The van der Waals surface area contributed by atoms with Crippen LogP contribution in [0.1, 0.15) is 25.5 Å². The van der Waals surface area contributed by atoms with Crippen LogP contribution in [0.2, 0.25) is 0 Å². The van der Waals surface area contributed by atoms with Crippen LogP contribution in [0.25, 0.3) is 11.2 Å². The Balaban J connectivity index is 1.99. The lowest BCUT2D eigenvalue weighted by Gasteiger charge is -2.27. The quantitative estimate of drug-likeness (QED) is 0.769. The van der Waals surface area contributed by atoms with E-state index in [2.05, 4.69) is 15.0 Å². The smallest absolute Gasteiger partial charge is 0.262 e. The molecule has 0 saturated carbocycles. The largest absolute Gasteiger partial charge is 0.345 e. The lowest BCUT2D eigenvalue weighted by molar-refractivity contribution is 0.355. The maximum atomic E-state index is 13.1. The van der Waals surface area contributed by atoms with Gasteiger partial charge in [0.15, 0.2) is 10.7 Å². The van der Waals surface area contributed by atoms with Gasteiger partial charge in [0.25, 0.3) is 10.0 Å². The van der Waals surface area contributed by atoms with Crippen molar-refractivity contribution in [1.82, 2.24) is 19.3 Å². The van der Waals surface area contributed by atoms with Crippen molar-refractivity contribution in [2.75, 3.05) is 6.54 Å². The lowest BCUT2D eigenvalue weighted by Crippen LogP contribution is -2.34. The summed E-state index contributed by atoms with van der Waals surface area (Å²) in [6, 6.07) is 7.01. The second-order valence-electron chi connectivity index (χ2n) is 5.36. The third-order valence-corrected chi connectivity index (χ3v) is 5.82. The van der Waals surface area contributed by atoms with Crippen LogP contribution in [0.4, 0.5) is 4.39 Å². The molecule has 0 amide bonds. The highest BCUT2D eigenvalue weighted by Gasteiger charge is 2.30. The molecule has 1 N–H and O–H groups in total. The SMILES string of the molecule is CCN([C@@H](C)c1ccc(F)cc1)S(=O)(=O)c1cnc2[nH]ccc2n1. The van der Waals surface area contributed by atoms with Gasteiger partial charge in [-0.3, -0.25) is 0 Å². The molecule has 0 unspecified atom stereocenters. The summed E-state index contributed by atoms with van der Waals surface area (Å²) in [6.07, 6.45) is 2.90. The molecule has 0 radical (unpaired) electrons. The zero-order valence-electron chi connectivity index (χ0n) is 13.3. The number of hydrogen-bond acceptors (Lipinski definition) is 4. The van der Waals surface area contributed by atoms with Gasteiger partial charge < -0.3 is 4.98 Å². The molecule has 126 valence electrons. The second kappa shape index (κ2) is 6.29. The summed E-state index contributed by atoms with van der Waals surface area (Å²) in [5, 5.41) is -0.106. The Kier molecular flexibility index (Phi) is 4.33. The highest BCUT2D eigenvalue weighted by molar-refractivity contribution is 7.89. The van der Waals surface area contributed by atoms with E-state index >= 15 is 0 Å². The zero-order chi connectivity index (χ0) is 17.3. The van der Waals surface area contributed by atoms with E-state index in [-0.39, 0.29) is 17.4 Å². The molecular weight excluding hydrogens is 331 g/mol. The number of rotatable bonds is 5. The molecule has 3 rings (SSSR count). The number of benzene rings is 1. The van der Waals surface area contributed by atoms with Gasteiger partial charge in [0.2, 0.25) is 0 Å². The topological polar surface area (TPSA) is 79.0 Å². The first kappa shape index (κ1) is 16.5. The van der Waals surface area contributed by atoms with Crippen LogP contribution in [0.15, 0.2) is 47.8 Å². The molecule has 6 nitrogen and oxygen atoms in total. The number of fused-ring (bicyclic) bond motifs is 1. The molecule has 0 fully saturated rings. The normalized spacial score (nSPS) is 13.5. The van der Waals surface area contributed by atoms with Crippen molar-refractivity contribution >= 4 is 21.2 Å². The molecule has 8 heteroatoms. The van der Waals surface area contributed by atoms with Gasteiger partial charge in [-0.15, -0.1) is 0 Å². The molecular formula is C16H17FN4O2S. The van der Waals surface area contributed by atoms with Crippen LogP contribution in [-0.2, 0) is 10.0 Å². The maximum absolute atomic E-state index is 13.1. The van der Waals surface area contributed by atoms with Crippen LogP contribution in [-0.4, -0.2) is 34.2 Å². The first-order chi connectivity index (χ1) is 11.4. The standard InChI is InChI=1S/C16H17FN4O2S/c1-3-21(11(2)12-4-6-13(17)7-5-12)24(22,23)15-10-19-16-14(20-15)8-9-18-16/h4-11H,3H2,1-2H3,(H,18,19)/t11-/m0/s1. The Morgan fingerprint density at radius 1 is 1.25 bits per heavy atom. The monoisotopic (exact) mass is 348 g/mol. The Labute approximate surface area is 139 Å². The van der Waals surface area contributed by atoms with E-state index in [0.29, 0.717) is 16.7 Å². The Morgan fingerprint density at radius 3 is 2.62 bits per heavy atom. The summed E-state index contributed by atoms with van der Waals surface area (Å²) in [7, 11) is -3.83. The molecule has 0 bridgehead atoms. The van der Waals surface area contributed by atoms with E-state index < -0.39 is 16.1 Å². The highest BCUT2D eigenvalue weighted by Crippen LogP contribution is 2.26. The van der Waals surface area contributed by atoms with E-state index in [9.17, 15) is 12.8 Å². The first-order valence-corrected chi connectivity index (χ1v) is 8.95. The molecule has 0 spiro atoms. The van der Waals surface area contributed by atoms with Crippen LogP contribution >= 0.6 is 0 Å². The van der Waals surface area contributed by atoms with Crippen molar-refractivity contribution in [2.24, 2.45) is 0 Å². The minimum Gasteiger partial charge on any atom is -0.345 e. The van der Waals surface area contributed by atoms with E-state index in [1.165, 1.54) is 22.6 Å². The van der Waals surface area contributed by atoms with Crippen molar-refractivity contribution in [2.45, 2.75) is 24.9 Å².